The van der Waals surface area contributed by atoms with Crippen molar-refractivity contribution in [3.63, 3.8) is 0 Å². The van der Waals surface area contributed by atoms with Gasteiger partial charge in [0.1, 0.15) is 11.5 Å². The molecule has 52 heavy (non-hydrogen) atoms. The summed E-state index contributed by atoms with van der Waals surface area (Å²) in [6, 6.07) is 44.0. The number of carboxylic acid groups (broad SMARTS) is 1. The van der Waals surface area contributed by atoms with Gasteiger partial charge in [-0.2, -0.15) is 0 Å². The fraction of sp³-hybridized carbons (Fsp3) is 0.146. The second kappa shape index (κ2) is 16.1. The van der Waals surface area contributed by atoms with Crippen molar-refractivity contribution in [3.05, 3.63) is 177 Å². The second-order valence-corrected chi connectivity index (χ2v) is 13.0. The first kappa shape index (κ1) is 36.8. The number of benzene rings is 5. The van der Waals surface area contributed by atoms with E-state index in [2.05, 4.69) is 53.4 Å². The van der Waals surface area contributed by atoms with Gasteiger partial charge in [0.05, 0.1) is 5.97 Å². The first-order valence-corrected chi connectivity index (χ1v) is 17.5. The van der Waals surface area contributed by atoms with E-state index in [-0.39, 0.29) is 36.3 Å². The Kier molecular flexibility index (Phi) is 11.4. The molecule has 0 N–H and O–H groups in total. The molecule has 11 heteroatoms. The Morgan fingerprint density at radius 3 is 1.88 bits per heavy atom. The SMILES string of the molecule is CCCCc1nc(Cl)c(C(=O)[O-])n1Cc1ccc(-c2cc(Cl)ccc2-c2nnn(C(c3ccccc3)(c3ccccc3)c3ccccc3)n2)cc1.[Li+]. The molecule has 254 valence electrons. The molecular formula is C41H33Cl2LiN6O2. The molecule has 8 nitrogen and oxygen atoms in total. The number of imidazole rings is 1. The normalized spacial score (nSPS) is 11.3. The fourth-order valence-corrected chi connectivity index (χ4v) is 7.08. The van der Waals surface area contributed by atoms with Crippen LogP contribution in [0.3, 0.4) is 0 Å². The van der Waals surface area contributed by atoms with Crippen LogP contribution < -0.4 is 24.0 Å². The zero-order valence-electron chi connectivity index (χ0n) is 28.8. The van der Waals surface area contributed by atoms with Crippen molar-refractivity contribution in [3.8, 4) is 22.5 Å². The number of carbonyl (C=O) groups excluding carboxylic acids is 1. The summed E-state index contributed by atoms with van der Waals surface area (Å²) in [5, 5.41) is 27.0. The van der Waals surface area contributed by atoms with Gasteiger partial charge in [-0.3, -0.25) is 0 Å². The van der Waals surface area contributed by atoms with Crippen molar-refractivity contribution in [1.29, 1.82) is 0 Å². The molecule has 5 aromatic carbocycles. The maximum Gasteiger partial charge on any atom is 1.00 e. The second-order valence-electron chi connectivity index (χ2n) is 12.2. The monoisotopic (exact) mass is 718 g/mol. The van der Waals surface area contributed by atoms with Gasteiger partial charge in [0, 0.05) is 23.6 Å². The van der Waals surface area contributed by atoms with Gasteiger partial charge in [-0.15, -0.1) is 15.0 Å². The van der Waals surface area contributed by atoms with E-state index in [9.17, 15) is 9.90 Å². The Morgan fingerprint density at radius 1 is 0.769 bits per heavy atom. The van der Waals surface area contributed by atoms with Gasteiger partial charge in [-0.05, 0) is 63.2 Å². The molecule has 0 atom stereocenters. The first-order chi connectivity index (χ1) is 24.9. The molecule has 0 amide bonds. The average Bonchev–Trinajstić information content (AvgIpc) is 3.77. The summed E-state index contributed by atoms with van der Waals surface area (Å²) in [7, 11) is 0. The predicted octanol–water partition coefficient (Wildman–Crippen LogP) is 5.11. The molecule has 0 saturated carbocycles. The number of carbonyl (C=O) groups is 1. The third-order valence-electron chi connectivity index (χ3n) is 9.07. The van der Waals surface area contributed by atoms with Crippen LogP contribution in [0.4, 0.5) is 0 Å². The number of rotatable bonds is 12. The van der Waals surface area contributed by atoms with Gasteiger partial charge in [0.25, 0.3) is 0 Å². The van der Waals surface area contributed by atoms with E-state index in [1.807, 2.05) is 97.1 Å². The quantitative estimate of drug-likeness (QED) is 0.129. The van der Waals surface area contributed by atoms with Crippen molar-refractivity contribution in [2.75, 3.05) is 0 Å². The van der Waals surface area contributed by atoms with E-state index >= 15 is 0 Å². The molecule has 7 aromatic rings. The van der Waals surface area contributed by atoms with Crippen LogP contribution >= 0.6 is 23.2 Å². The summed E-state index contributed by atoms with van der Waals surface area (Å²) in [6.45, 7) is 2.35. The van der Waals surface area contributed by atoms with E-state index in [4.69, 9.17) is 33.5 Å². The predicted molar refractivity (Wildman–Crippen MR) is 198 cm³/mol. The Labute approximate surface area is 324 Å². The number of aromatic nitrogens is 6. The molecule has 0 aliphatic carbocycles. The fourth-order valence-electron chi connectivity index (χ4n) is 6.63. The minimum atomic E-state index is -1.35. The maximum atomic E-state index is 12.0. The zero-order chi connectivity index (χ0) is 35.4. The summed E-state index contributed by atoms with van der Waals surface area (Å²) in [5.74, 6) is -0.300. The molecule has 2 aromatic heterocycles. The van der Waals surface area contributed by atoms with E-state index in [0.717, 1.165) is 51.8 Å². The minimum Gasteiger partial charge on any atom is -0.543 e. The standard InChI is InChI=1S/C41H34Cl2N6O2.Li/c1-2-3-19-36-44-38(43)37(40(50)51)48(36)27-28-20-22-29(23-21-28)35-26-33(42)24-25-34(35)39-45-47-49(46-39)41(30-13-7-4-8-14-30,31-15-9-5-10-16-31)32-17-11-6-12-18-32;/h4-18,20-26H,2-3,19,27H2,1H3,(H,50,51);/q;+1/p-1. The van der Waals surface area contributed by atoms with Crippen molar-refractivity contribution in [2.24, 2.45) is 0 Å². The third-order valence-corrected chi connectivity index (χ3v) is 9.57. The molecule has 0 aliphatic rings. The average molecular weight is 720 g/mol. The molecule has 0 saturated heterocycles. The Hall–Kier alpha value is -4.97. The van der Waals surface area contributed by atoms with Crippen molar-refractivity contribution < 1.29 is 28.8 Å². The summed E-state index contributed by atoms with van der Waals surface area (Å²) >= 11 is 12.8. The smallest absolute Gasteiger partial charge is 0.543 e. The van der Waals surface area contributed by atoms with Crippen LogP contribution in [0.5, 0.6) is 0 Å². The molecule has 7 rings (SSSR count). The van der Waals surface area contributed by atoms with Crippen LogP contribution in [0.15, 0.2) is 133 Å². The molecule has 0 unspecified atom stereocenters. The van der Waals surface area contributed by atoms with Gasteiger partial charge in [0.15, 0.2) is 10.7 Å². The number of aromatic carboxylic acids is 1. The van der Waals surface area contributed by atoms with Crippen LogP contribution in [-0.2, 0) is 18.5 Å². The van der Waals surface area contributed by atoms with Gasteiger partial charge in [0.2, 0.25) is 5.82 Å². The van der Waals surface area contributed by atoms with Gasteiger partial charge < -0.3 is 14.5 Å². The molecule has 0 aliphatic heterocycles. The first-order valence-electron chi connectivity index (χ1n) is 16.7. The molecule has 0 fully saturated rings. The third kappa shape index (κ3) is 7.08. The van der Waals surface area contributed by atoms with E-state index < -0.39 is 11.5 Å². The molecule has 0 bridgehead atoms. The van der Waals surface area contributed by atoms with Crippen LogP contribution in [0.2, 0.25) is 10.2 Å². The molecule has 2 heterocycles. The Morgan fingerprint density at radius 2 is 1.35 bits per heavy atom. The number of tetrazole rings is 1. The van der Waals surface area contributed by atoms with Crippen LogP contribution in [0.1, 0.15) is 58.3 Å². The van der Waals surface area contributed by atoms with E-state index in [1.165, 1.54) is 0 Å². The van der Waals surface area contributed by atoms with Gasteiger partial charge >= 0.3 is 18.9 Å². The van der Waals surface area contributed by atoms with E-state index in [1.54, 1.807) is 9.36 Å². The number of hydrogen-bond donors (Lipinski definition) is 0. The van der Waals surface area contributed by atoms with E-state index in [0.29, 0.717) is 23.1 Å². The van der Waals surface area contributed by atoms with Crippen molar-refractivity contribution >= 4 is 29.2 Å². The van der Waals surface area contributed by atoms with Crippen LogP contribution in [-0.4, -0.2) is 35.7 Å². The van der Waals surface area contributed by atoms with Crippen molar-refractivity contribution in [1.82, 2.24) is 29.8 Å². The summed E-state index contributed by atoms with van der Waals surface area (Å²) in [4.78, 5) is 18.0. The summed E-state index contributed by atoms with van der Waals surface area (Å²) in [5.41, 5.74) is 5.25. The van der Waals surface area contributed by atoms with Crippen molar-refractivity contribution in [2.45, 2.75) is 38.3 Å². The number of aryl methyl sites for hydroxylation is 1. The number of hydrogen-bond acceptors (Lipinski definition) is 6. The van der Waals surface area contributed by atoms with Crippen LogP contribution in [0.25, 0.3) is 22.5 Å². The number of nitrogens with zero attached hydrogens (tertiary/aromatic N) is 6. The Bertz CT molecular complexity index is 2180. The summed E-state index contributed by atoms with van der Waals surface area (Å²) < 4.78 is 1.63. The largest absolute Gasteiger partial charge is 1.00 e. The number of unbranched alkanes of at least 4 members (excludes halogenated alkanes) is 1. The van der Waals surface area contributed by atoms with Crippen LogP contribution in [0, 0.1) is 0 Å². The number of carboxylic acids is 1. The maximum absolute atomic E-state index is 12.0. The zero-order valence-corrected chi connectivity index (χ0v) is 30.3. The molecular weight excluding hydrogens is 686 g/mol. The molecule has 0 spiro atoms. The summed E-state index contributed by atoms with van der Waals surface area (Å²) in [6.07, 6.45) is 2.41. The topological polar surface area (TPSA) is 102 Å². The Balaban J connectivity index is 0.00000464. The number of halogens is 2. The molecule has 0 radical (unpaired) electrons. The van der Waals surface area contributed by atoms with Gasteiger partial charge in [-0.1, -0.05) is 152 Å². The minimum absolute atomic E-state index is 0. The van der Waals surface area contributed by atoms with Gasteiger partial charge in [-0.25, -0.2) is 4.98 Å².